The lowest BCUT2D eigenvalue weighted by Gasteiger charge is -2.14. The molecule has 2 aromatic heterocycles. The number of thiophene rings is 1. The van der Waals surface area contributed by atoms with E-state index in [9.17, 15) is 4.79 Å². The van der Waals surface area contributed by atoms with Crippen LogP contribution in [0.15, 0.2) is 84.2 Å². The Hall–Kier alpha value is -3.31. The molecule has 33 heavy (non-hydrogen) atoms. The predicted octanol–water partition coefficient (Wildman–Crippen LogP) is 7.08. The van der Waals surface area contributed by atoms with Crippen LogP contribution in [0.2, 0.25) is 0 Å². The largest absolute Gasteiger partial charge is 0.340 e. The van der Waals surface area contributed by atoms with E-state index < -0.39 is 0 Å². The summed E-state index contributed by atoms with van der Waals surface area (Å²) < 4.78 is 0. The van der Waals surface area contributed by atoms with Crippen LogP contribution < -0.4 is 5.32 Å². The highest BCUT2D eigenvalue weighted by atomic mass is 32.1. The summed E-state index contributed by atoms with van der Waals surface area (Å²) in [7, 11) is 0. The summed E-state index contributed by atoms with van der Waals surface area (Å²) in [6, 6.07) is 4.22. The van der Waals surface area contributed by atoms with Gasteiger partial charge in [-0.25, -0.2) is 9.97 Å². The Balaban J connectivity index is 1.85. The van der Waals surface area contributed by atoms with E-state index in [1.54, 1.807) is 11.3 Å². The topological polar surface area (TPSA) is 54.9 Å². The molecule has 0 aliphatic heterocycles. The van der Waals surface area contributed by atoms with Crippen molar-refractivity contribution in [3.63, 3.8) is 0 Å². The van der Waals surface area contributed by atoms with Crippen molar-refractivity contribution in [2.45, 2.75) is 46.5 Å². The Bertz CT molecular complexity index is 1160. The van der Waals surface area contributed by atoms with Crippen molar-refractivity contribution in [1.29, 1.82) is 0 Å². The minimum absolute atomic E-state index is 0.462. The summed E-state index contributed by atoms with van der Waals surface area (Å²) in [6.07, 6.45) is 20.0. The van der Waals surface area contributed by atoms with Crippen molar-refractivity contribution in [3.05, 3.63) is 100 Å². The molecular formula is C28H31N3OS. The van der Waals surface area contributed by atoms with Gasteiger partial charge >= 0.3 is 0 Å². The first kappa shape index (κ1) is 24.3. The number of rotatable bonds is 10. The lowest BCUT2D eigenvalue weighted by Crippen LogP contribution is -2.07. The van der Waals surface area contributed by atoms with Crippen molar-refractivity contribution in [1.82, 2.24) is 9.97 Å². The summed E-state index contributed by atoms with van der Waals surface area (Å²) in [5, 5.41) is 3.49. The van der Waals surface area contributed by atoms with E-state index >= 15 is 0 Å². The third kappa shape index (κ3) is 6.83. The molecule has 0 radical (unpaired) electrons. The Morgan fingerprint density at radius 3 is 2.85 bits per heavy atom. The average Bonchev–Trinajstić information content (AvgIpc) is 3.14. The first-order valence-corrected chi connectivity index (χ1v) is 12.1. The zero-order valence-corrected chi connectivity index (χ0v) is 20.4. The number of anilines is 1. The van der Waals surface area contributed by atoms with Gasteiger partial charge in [-0.2, -0.15) is 0 Å². The fourth-order valence-electron chi connectivity index (χ4n) is 3.56. The third-order valence-electron chi connectivity index (χ3n) is 5.27. The normalized spacial score (nSPS) is 13.8. The van der Waals surface area contributed by atoms with Crippen molar-refractivity contribution < 1.29 is 4.79 Å². The lowest BCUT2D eigenvalue weighted by molar-refractivity contribution is -0.107. The van der Waals surface area contributed by atoms with Crippen molar-refractivity contribution >= 4 is 23.4 Å². The second-order valence-electron chi connectivity index (χ2n) is 7.85. The number of carbonyl (C=O) groups excluding carboxylic acids is 1. The summed E-state index contributed by atoms with van der Waals surface area (Å²) >= 11 is 1.70. The van der Waals surface area contributed by atoms with Gasteiger partial charge in [0.15, 0.2) is 5.82 Å². The number of aryl methyl sites for hydroxylation is 1. The number of hydrogen-bond acceptors (Lipinski definition) is 5. The summed E-state index contributed by atoms with van der Waals surface area (Å²) in [5.41, 5.74) is 5.20. The van der Waals surface area contributed by atoms with Crippen molar-refractivity contribution in [2.24, 2.45) is 0 Å². The zero-order valence-electron chi connectivity index (χ0n) is 19.6. The van der Waals surface area contributed by atoms with E-state index in [1.807, 2.05) is 56.4 Å². The summed E-state index contributed by atoms with van der Waals surface area (Å²) in [6.45, 7) is 10.3. The van der Waals surface area contributed by atoms with Gasteiger partial charge in [-0.15, -0.1) is 11.3 Å². The molecular weight excluding hydrogens is 426 g/mol. The monoisotopic (exact) mass is 457 g/mol. The van der Waals surface area contributed by atoms with Gasteiger partial charge in [-0.1, -0.05) is 61.1 Å². The van der Waals surface area contributed by atoms with Crippen LogP contribution in [0.1, 0.15) is 42.8 Å². The molecule has 0 aromatic carbocycles. The van der Waals surface area contributed by atoms with E-state index in [1.165, 1.54) is 4.88 Å². The molecule has 170 valence electrons. The average molecular weight is 458 g/mol. The predicted molar refractivity (Wildman–Crippen MR) is 140 cm³/mol. The maximum atomic E-state index is 10.8. The van der Waals surface area contributed by atoms with Crippen LogP contribution in [0.25, 0.3) is 10.7 Å². The van der Waals surface area contributed by atoms with E-state index in [4.69, 9.17) is 9.97 Å². The first-order chi connectivity index (χ1) is 16.0. The van der Waals surface area contributed by atoms with Gasteiger partial charge in [0.05, 0.1) is 4.88 Å². The SMILES string of the molecule is C=C(/C=C\C=C/C)Cc1ccc(-c2nc(C)c(CC)c(NC3=CC=C(CC=O)CC=C3)n2)s1. The number of nitrogens with zero attached hydrogens (tertiary/aromatic N) is 2. The fourth-order valence-corrected chi connectivity index (χ4v) is 4.55. The van der Waals surface area contributed by atoms with E-state index in [0.29, 0.717) is 6.42 Å². The van der Waals surface area contributed by atoms with Crippen LogP contribution in [-0.2, 0) is 17.6 Å². The highest BCUT2D eigenvalue weighted by molar-refractivity contribution is 7.15. The van der Waals surface area contributed by atoms with Gasteiger partial charge in [0.25, 0.3) is 0 Å². The quantitative estimate of drug-likeness (QED) is 0.306. The van der Waals surface area contributed by atoms with E-state index in [0.717, 1.165) is 70.2 Å². The third-order valence-corrected chi connectivity index (χ3v) is 6.35. The second kappa shape index (κ2) is 12.1. The number of aldehydes is 1. The molecule has 0 atom stereocenters. The Kier molecular flexibility index (Phi) is 8.90. The molecule has 1 N–H and O–H groups in total. The second-order valence-corrected chi connectivity index (χ2v) is 9.02. The lowest BCUT2D eigenvalue weighted by atomic mass is 10.1. The minimum atomic E-state index is 0.462. The van der Waals surface area contributed by atoms with Crippen LogP contribution in [0.4, 0.5) is 5.82 Å². The zero-order chi connectivity index (χ0) is 23.6. The number of nitrogens with one attached hydrogen (secondary N) is 1. The van der Waals surface area contributed by atoms with Gasteiger partial charge in [0.2, 0.25) is 0 Å². The summed E-state index contributed by atoms with van der Waals surface area (Å²) in [4.78, 5) is 22.8. The maximum Gasteiger partial charge on any atom is 0.171 e. The smallest absolute Gasteiger partial charge is 0.171 e. The van der Waals surface area contributed by atoms with Crippen LogP contribution in [-0.4, -0.2) is 16.3 Å². The van der Waals surface area contributed by atoms with Crippen molar-refractivity contribution in [2.75, 3.05) is 5.32 Å². The molecule has 3 rings (SSSR count). The maximum absolute atomic E-state index is 10.8. The molecule has 0 saturated heterocycles. The molecule has 0 spiro atoms. The molecule has 2 aromatic rings. The molecule has 5 heteroatoms. The van der Waals surface area contributed by atoms with Crippen LogP contribution in [0.5, 0.6) is 0 Å². The highest BCUT2D eigenvalue weighted by Crippen LogP contribution is 2.30. The number of hydrogen-bond donors (Lipinski definition) is 1. The molecule has 0 unspecified atom stereocenters. The van der Waals surface area contributed by atoms with E-state index in [-0.39, 0.29) is 0 Å². The number of aromatic nitrogens is 2. The van der Waals surface area contributed by atoms with Crippen LogP contribution >= 0.6 is 11.3 Å². The van der Waals surface area contributed by atoms with Crippen molar-refractivity contribution in [3.8, 4) is 10.7 Å². The molecule has 0 bridgehead atoms. The molecule has 1 aliphatic carbocycles. The molecule has 4 nitrogen and oxygen atoms in total. The van der Waals surface area contributed by atoms with Gasteiger partial charge < -0.3 is 10.1 Å². The molecule has 1 aliphatic rings. The molecule has 2 heterocycles. The fraction of sp³-hybridized carbons (Fsp3) is 0.250. The van der Waals surface area contributed by atoms with Gasteiger partial charge in [0.1, 0.15) is 12.1 Å². The Morgan fingerprint density at radius 2 is 2.09 bits per heavy atom. The highest BCUT2D eigenvalue weighted by Gasteiger charge is 2.14. The first-order valence-electron chi connectivity index (χ1n) is 11.2. The van der Waals surface area contributed by atoms with Crippen LogP contribution in [0, 0.1) is 6.92 Å². The van der Waals surface area contributed by atoms with E-state index in [2.05, 4.69) is 37.0 Å². The summed E-state index contributed by atoms with van der Waals surface area (Å²) in [5.74, 6) is 1.56. The van der Waals surface area contributed by atoms with Crippen LogP contribution in [0.3, 0.4) is 0 Å². The number of allylic oxidation sites excluding steroid dienone is 10. The van der Waals surface area contributed by atoms with Gasteiger partial charge in [-0.05, 0) is 51.0 Å². The number of carbonyl (C=O) groups is 1. The van der Waals surface area contributed by atoms with Gasteiger partial charge in [-0.3, -0.25) is 0 Å². The molecule has 0 amide bonds. The van der Waals surface area contributed by atoms with Gasteiger partial charge in [0, 0.05) is 34.7 Å². The Morgan fingerprint density at radius 1 is 1.24 bits per heavy atom. The minimum Gasteiger partial charge on any atom is -0.340 e. The standard InChI is InChI=1S/C28H31N3OS/c1-5-7-8-10-20(3)19-24-15-16-26(33-24)28-29-21(4)25(6-2)27(31-28)30-23-12-9-11-22(13-14-23)17-18-32/h5,7-10,12-16,18H,3,6,11,17,19H2,1-2,4H3,(H,29,30,31)/b7-5-,10-8-. The molecule has 0 fully saturated rings. The Labute approximate surface area is 200 Å². The molecule has 0 saturated carbocycles.